The van der Waals surface area contributed by atoms with Crippen molar-refractivity contribution in [2.24, 2.45) is 41.2 Å². The molecule has 0 aromatic carbocycles. The number of carbonyl (C=O) groups is 11. The normalized spacial score (nSPS) is 26.5. The minimum atomic E-state index is -1.63. The first-order valence-electron chi connectivity index (χ1n) is 31.9. The summed E-state index contributed by atoms with van der Waals surface area (Å²) in [6, 6.07) is -12.8. The summed E-state index contributed by atoms with van der Waals surface area (Å²) in [6.45, 7) is 27.5. The van der Waals surface area contributed by atoms with Crippen LogP contribution in [0.15, 0.2) is 12.2 Å². The van der Waals surface area contributed by atoms with Gasteiger partial charge < -0.3 is 71.1 Å². The average Bonchev–Trinajstić information content (AvgIpc) is 0.987. The molecule has 0 aliphatic carbocycles. The number of nitrogens with two attached hydrogens (primary N) is 1. The number of rotatable bonds is 19. The van der Waals surface area contributed by atoms with Gasteiger partial charge in [0.25, 0.3) is 0 Å². The zero-order valence-electron chi connectivity index (χ0n) is 58.2. The van der Waals surface area contributed by atoms with Gasteiger partial charge in [0, 0.05) is 55.9 Å². The Kier molecular flexibility index (Phi) is 34.3. The molecule has 0 saturated carbocycles. The third-order valence-electron chi connectivity index (χ3n) is 16.7. The van der Waals surface area contributed by atoms with Crippen molar-refractivity contribution in [2.45, 2.75) is 228 Å². The summed E-state index contributed by atoms with van der Waals surface area (Å²) in [4.78, 5) is 170. The molecule has 0 unspecified atom stereocenters. The molecule has 0 spiro atoms. The van der Waals surface area contributed by atoms with Crippen LogP contribution in [0.5, 0.6) is 0 Å². The summed E-state index contributed by atoms with van der Waals surface area (Å²) in [5, 5.41) is 23.1. The summed E-state index contributed by atoms with van der Waals surface area (Å²) < 4.78 is 6.12. The molecule has 0 aromatic heterocycles. The monoisotopic (exact) mass is 1260 g/mol. The van der Waals surface area contributed by atoms with Crippen molar-refractivity contribution in [1.29, 1.82) is 0 Å². The van der Waals surface area contributed by atoms with Crippen LogP contribution in [-0.2, 0) is 57.5 Å². The molecular formula is C64H116N12O13. The predicted octanol–water partition coefficient (Wildman–Crippen LogP) is 2.37. The van der Waals surface area contributed by atoms with E-state index < -0.39 is 162 Å². The number of hydrogen-bond donors (Lipinski definition) is 6. The third-order valence-corrected chi connectivity index (χ3v) is 16.7. The number of likely N-dealkylation sites (N-methyl/N-ethyl adjacent to an activating group) is 7. The molecule has 1 saturated heterocycles. The fourth-order valence-electron chi connectivity index (χ4n) is 11.1. The lowest BCUT2D eigenvalue weighted by Crippen LogP contribution is -2.63. The number of hydrogen-bond acceptors (Lipinski definition) is 14. The summed E-state index contributed by atoms with van der Waals surface area (Å²) in [6.07, 6.45) is 2.93. The quantitative estimate of drug-likeness (QED) is 0.0800. The second-order valence-electron chi connectivity index (χ2n) is 26.5. The fourth-order valence-corrected chi connectivity index (χ4v) is 11.1. The first-order valence-corrected chi connectivity index (χ1v) is 31.9. The van der Waals surface area contributed by atoms with Crippen LogP contribution in [0.4, 0.5) is 0 Å². The van der Waals surface area contributed by atoms with Crippen molar-refractivity contribution in [3.8, 4) is 0 Å². The van der Waals surface area contributed by atoms with E-state index >= 15 is 9.59 Å². The van der Waals surface area contributed by atoms with Crippen LogP contribution < -0.4 is 27.0 Å². The van der Waals surface area contributed by atoms with Crippen LogP contribution in [-0.4, -0.2) is 246 Å². The van der Waals surface area contributed by atoms with Crippen LogP contribution in [0.25, 0.3) is 0 Å². The highest BCUT2D eigenvalue weighted by atomic mass is 16.5. The molecule has 1 rings (SSSR count). The van der Waals surface area contributed by atoms with Gasteiger partial charge in [0.15, 0.2) is 0 Å². The van der Waals surface area contributed by atoms with E-state index in [1.807, 2.05) is 41.5 Å². The molecule has 11 amide bonds. The van der Waals surface area contributed by atoms with Crippen molar-refractivity contribution in [1.82, 2.24) is 55.6 Å². The molecule has 1 aliphatic heterocycles. The number of amides is 11. The van der Waals surface area contributed by atoms with E-state index in [2.05, 4.69) is 21.3 Å². The van der Waals surface area contributed by atoms with Crippen LogP contribution >= 0.6 is 0 Å². The summed E-state index contributed by atoms with van der Waals surface area (Å²) in [7, 11) is 9.79. The number of allylic oxidation sites excluding steroid dienone is 2. The van der Waals surface area contributed by atoms with Gasteiger partial charge in [-0.15, -0.1) is 0 Å². The number of carbonyl (C=O) groups excluding carboxylic acids is 11. The highest BCUT2D eigenvalue weighted by molar-refractivity contribution is 5.99. The van der Waals surface area contributed by atoms with Gasteiger partial charge in [0.05, 0.1) is 18.8 Å². The molecule has 25 nitrogen and oxygen atoms in total. The summed E-state index contributed by atoms with van der Waals surface area (Å²) in [5.41, 5.74) is 5.74. The molecular weight excluding hydrogens is 1140 g/mol. The maximum Gasteiger partial charge on any atom is 0.246 e. The fraction of sp³-hybridized carbons (Fsp3) is 0.797. The minimum Gasteiger partial charge on any atom is -0.390 e. The standard InChI is InChI=1S/C64H116N12O13/c1-24-26-29-41(13)54(78)53-58(82)68-45(25-2)60(84)70(17)35-49(77)74(21)52(44(16)89-31-28-27-30-65)57(81)69-50(39(9)10)63(87)71(18)46(32-36(3)4)56(80)66-42(14)55(79)67-43(15)59(83)72(19)47(33-37(5)6)61(85)73(20)48(34-38(7)8)62(86)75(22)51(40(11)12)64(88)76(53)23/h24,26,36-48,50-54,78H,25,27-35,65H2,1-23H3,(H,66,80)(H,67,79)(H,68,82)(H,69,81)/b26-24+/t41-,42+,43-,44-,45+,46+,47+,48+,50+,51+,52+,53+,54-/m1/s1. The predicted molar refractivity (Wildman–Crippen MR) is 343 cm³/mol. The van der Waals surface area contributed by atoms with Gasteiger partial charge in [-0.3, -0.25) is 52.7 Å². The minimum absolute atomic E-state index is 0.00458. The molecule has 13 atom stereocenters. The van der Waals surface area contributed by atoms with Crippen molar-refractivity contribution >= 4 is 65.0 Å². The first-order chi connectivity index (χ1) is 41.3. The molecule has 0 radical (unpaired) electrons. The largest absolute Gasteiger partial charge is 0.390 e. The van der Waals surface area contributed by atoms with E-state index in [1.165, 1.54) is 82.8 Å². The molecule has 1 fully saturated rings. The number of ether oxygens (including phenoxy) is 1. The Balaban J connectivity index is 4.38. The van der Waals surface area contributed by atoms with Gasteiger partial charge in [0.1, 0.15) is 60.4 Å². The maximum atomic E-state index is 15.2. The topological polar surface area (TPSA) is 314 Å². The second kappa shape index (κ2) is 37.8. The molecule has 0 bridgehead atoms. The lowest BCUT2D eigenvalue weighted by Gasteiger charge is -2.41. The van der Waals surface area contributed by atoms with Gasteiger partial charge in [-0.2, -0.15) is 0 Å². The van der Waals surface area contributed by atoms with Crippen molar-refractivity contribution < 1.29 is 62.6 Å². The second-order valence-corrected chi connectivity index (χ2v) is 26.5. The van der Waals surface area contributed by atoms with E-state index in [9.17, 15) is 48.3 Å². The van der Waals surface area contributed by atoms with Gasteiger partial charge in [-0.25, -0.2) is 0 Å². The van der Waals surface area contributed by atoms with Gasteiger partial charge in [-0.05, 0) is 115 Å². The lowest BCUT2D eigenvalue weighted by atomic mass is 9.91. The number of aliphatic hydroxyl groups is 1. The SMILES string of the molecule is C/C=C/C[C@@H](C)[C@@H](O)[C@H]1C(=O)N[C@@H](CC)C(=O)N(C)CC(=O)N(C)[C@@H]([C@@H](C)OCCCCN)C(=O)N[C@@H](C(C)C)C(=O)N(C)[C@@H](CC(C)C)C(=O)N[C@@H](C)C(=O)N[C@H](C)C(=O)N(C)[C@@H](CC(C)C)C(=O)N(C)[C@@H](CC(C)C)C(=O)N(C)[C@@H](C(C)C)C(=O)N1C. The summed E-state index contributed by atoms with van der Waals surface area (Å²) in [5.74, 6) is -10.1. The molecule has 1 aliphatic rings. The van der Waals surface area contributed by atoms with Crippen LogP contribution in [0, 0.1) is 35.5 Å². The van der Waals surface area contributed by atoms with Gasteiger partial charge >= 0.3 is 0 Å². The highest BCUT2D eigenvalue weighted by Gasteiger charge is 2.46. The zero-order chi connectivity index (χ0) is 68.8. The van der Waals surface area contributed by atoms with E-state index in [4.69, 9.17) is 10.5 Å². The zero-order valence-corrected chi connectivity index (χ0v) is 58.2. The van der Waals surface area contributed by atoms with Crippen molar-refractivity contribution in [3.05, 3.63) is 12.2 Å². The number of unbranched alkanes of at least 4 members (excludes halogenated alkanes) is 1. The Morgan fingerprint density at radius 2 is 1.00 bits per heavy atom. The molecule has 0 aromatic rings. The van der Waals surface area contributed by atoms with Gasteiger partial charge in [0.2, 0.25) is 65.0 Å². The van der Waals surface area contributed by atoms with Crippen LogP contribution in [0.3, 0.4) is 0 Å². The Labute approximate surface area is 532 Å². The van der Waals surface area contributed by atoms with Crippen molar-refractivity contribution in [3.63, 3.8) is 0 Å². The Hall–Kier alpha value is -6.21. The Bertz CT molecular complexity index is 2400. The molecule has 89 heavy (non-hydrogen) atoms. The number of nitrogens with zero attached hydrogens (tertiary/aromatic N) is 7. The lowest BCUT2D eigenvalue weighted by molar-refractivity contribution is -0.157. The Morgan fingerprint density at radius 3 is 1.48 bits per heavy atom. The molecule has 510 valence electrons. The molecule has 25 heteroatoms. The maximum absolute atomic E-state index is 15.2. The van der Waals surface area contributed by atoms with Gasteiger partial charge in [-0.1, -0.05) is 95.2 Å². The Morgan fingerprint density at radius 1 is 0.528 bits per heavy atom. The summed E-state index contributed by atoms with van der Waals surface area (Å²) >= 11 is 0. The highest BCUT2D eigenvalue weighted by Crippen LogP contribution is 2.26. The number of aliphatic hydroxyl groups excluding tert-OH is 1. The van der Waals surface area contributed by atoms with E-state index in [0.717, 1.165) is 14.7 Å². The third kappa shape index (κ3) is 23.2. The van der Waals surface area contributed by atoms with Crippen LogP contribution in [0.1, 0.15) is 156 Å². The van der Waals surface area contributed by atoms with E-state index in [-0.39, 0.29) is 50.0 Å². The smallest absolute Gasteiger partial charge is 0.246 e. The molecule has 1 heterocycles. The van der Waals surface area contributed by atoms with Crippen molar-refractivity contribution in [2.75, 3.05) is 69.0 Å². The average molecular weight is 1260 g/mol. The van der Waals surface area contributed by atoms with E-state index in [0.29, 0.717) is 25.8 Å². The van der Waals surface area contributed by atoms with Crippen LogP contribution in [0.2, 0.25) is 0 Å². The first kappa shape index (κ1) is 80.8. The number of nitrogens with one attached hydrogen (secondary N) is 4. The molecule has 7 N–H and O–H groups in total. The van der Waals surface area contributed by atoms with E-state index in [1.54, 1.807) is 67.5 Å².